The molecule has 0 aliphatic rings. The molecule has 0 unspecified atom stereocenters. The van der Waals surface area contributed by atoms with E-state index in [1.807, 2.05) is 98.8 Å². The Balaban J connectivity index is 2.00. The van der Waals surface area contributed by atoms with Gasteiger partial charge in [-0.3, -0.25) is 9.59 Å². The number of hydrogen-bond donors (Lipinski definition) is 1. The van der Waals surface area contributed by atoms with E-state index in [1.165, 1.54) is 4.68 Å². The fraction of sp³-hybridized carbons (Fsp3) is 0.115. The van der Waals surface area contributed by atoms with Crippen molar-refractivity contribution >= 4 is 11.6 Å². The number of hydrogen-bond acceptors (Lipinski definition) is 3. The summed E-state index contributed by atoms with van der Waals surface area (Å²) in [7, 11) is 0. The van der Waals surface area contributed by atoms with Crippen LogP contribution >= 0.6 is 0 Å². The highest BCUT2D eigenvalue weighted by molar-refractivity contribution is 6.10. The molecule has 0 fully saturated rings. The molecule has 5 nitrogen and oxygen atoms in total. The Labute approximate surface area is 181 Å². The maximum absolute atomic E-state index is 13.5. The molecular formula is C26H23N3O2. The van der Waals surface area contributed by atoms with E-state index in [9.17, 15) is 9.59 Å². The van der Waals surface area contributed by atoms with Crippen molar-refractivity contribution in [2.45, 2.75) is 20.4 Å². The summed E-state index contributed by atoms with van der Waals surface area (Å²) in [6, 6.07) is 26.6. The minimum Gasteiger partial charge on any atom is -0.322 e. The van der Waals surface area contributed by atoms with Crippen LogP contribution in [0.15, 0.2) is 89.7 Å². The van der Waals surface area contributed by atoms with Gasteiger partial charge in [-0.05, 0) is 31.0 Å². The van der Waals surface area contributed by atoms with E-state index in [4.69, 9.17) is 0 Å². The number of nitrogens with zero attached hydrogens (tertiary/aromatic N) is 2. The van der Waals surface area contributed by atoms with E-state index in [0.717, 1.165) is 16.7 Å². The highest BCUT2D eigenvalue weighted by Crippen LogP contribution is 2.32. The Morgan fingerprint density at radius 2 is 1.45 bits per heavy atom. The maximum Gasteiger partial charge on any atom is 0.280 e. The molecule has 0 bridgehead atoms. The summed E-state index contributed by atoms with van der Waals surface area (Å²) >= 11 is 0. The van der Waals surface area contributed by atoms with Gasteiger partial charge in [0.05, 0.1) is 5.69 Å². The van der Waals surface area contributed by atoms with Crippen molar-refractivity contribution in [2.24, 2.45) is 0 Å². The Morgan fingerprint density at radius 1 is 0.871 bits per heavy atom. The molecule has 1 N–H and O–H groups in total. The molecule has 0 saturated heterocycles. The van der Waals surface area contributed by atoms with Crippen LogP contribution in [0.2, 0.25) is 0 Å². The quantitative estimate of drug-likeness (QED) is 0.495. The number of para-hydroxylation sites is 1. The van der Waals surface area contributed by atoms with Gasteiger partial charge in [0.15, 0.2) is 0 Å². The molecule has 1 aromatic heterocycles. The van der Waals surface area contributed by atoms with Crippen LogP contribution in [-0.4, -0.2) is 15.7 Å². The lowest BCUT2D eigenvalue weighted by Crippen LogP contribution is -2.32. The predicted octanol–water partition coefficient (Wildman–Crippen LogP) is 5.16. The number of carbonyl (C=O) groups excluding carboxylic acids is 1. The molecule has 5 heteroatoms. The van der Waals surface area contributed by atoms with Crippen LogP contribution in [-0.2, 0) is 6.54 Å². The van der Waals surface area contributed by atoms with Crippen LogP contribution < -0.4 is 10.9 Å². The summed E-state index contributed by atoms with van der Waals surface area (Å²) in [6.07, 6.45) is 0. The molecule has 31 heavy (non-hydrogen) atoms. The zero-order chi connectivity index (χ0) is 21.8. The van der Waals surface area contributed by atoms with Crippen LogP contribution in [0.4, 0.5) is 5.69 Å². The van der Waals surface area contributed by atoms with Crippen molar-refractivity contribution < 1.29 is 4.79 Å². The third kappa shape index (κ3) is 4.03. The Morgan fingerprint density at radius 3 is 2.06 bits per heavy atom. The topological polar surface area (TPSA) is 64.0 Å². The van der Waals surface area contributed by atoms with Gasteiger partial charge in [-0.1, -0.05) is 78.9 Å². The first-order valence-corrected chi connectivity index (χ1v) is 10.2. The van der Waals surface area contributed by atoms with Gasteiger partial charge in [-0.2, -0.15) is 5.10 Å². The molecule has 1 heterocycles. The molecule has 0 aliphatic heterocycles. The average molecular weight is 409 g/mol. The predicted molar refractivity (Wildman–Crippen MR) is 124 cm³/mol. The number of aryl methyl sites for hydroxylation is 2. The van der Waals surface area contributed by atoms with Gasteiger partial charge in [-0.25, -0.2) is 4.68 Å². The van der Waals surface area contributed by atoms with Crippen molar-refractivity contribution in [1.82, 2.24) is 9.78 Å². The number of nitrogens with one attached hydrogen (secondary N) is 1. The first-order valence-electron chi connectivity index (χ1n) is 10.2. The first-order chi connectivity index (χ1) is 15.1. The largest absolute Gasteiger partial charge is 0.322 e. The van der Waals surface area contributed by atoms with Gasteiger partial charge in [0.1, 0.15) is 5.56 Å². The summed E-state index contributed by atoms with van der Waals surface area (Å²) in [5, 5.41) is 7.56. The average Bonchev–Trinajstić information content (AvgIpc) is 2.81. The lowest BCUT2D eigenvalue weighted by atomic mass is 9.95. The summed E-state index contributed by atoms with van der Waals surface area (Å²) in [4.78, 5) is 26.8. The second-order valence-corrected chi connectivity index (χ2v) is 7.22. The van der Waals surface area contributed by atoms with E-state index >= 15 is 0 Å². The van der Waals surface area contributed by atoms with Gasteiger partial charge in [-0.15, -0.1) is 0 Å². The van der Waals surface area contributed by atoms with Crippen molar-refractivity contribution in [3.05, 3.63) is 106 Å². The van der Waals surface area contributed by atoms with E-state index in [0.29, 0.717) is 23.5 Å². The molecule has 0 atom stereocenters. The number of aromatic nitrogens is 2. The molecule has 3 aromatic carbocycles. The Kier molecular flexibility index (Phi) is 5.76. The lowest BCUT2D eigenvalue weighted by molar-refractivity contribution is 0.102. The zero-order valence-electron chi connectivity index (χ0n) is 17.5. The number of rotatable bonds is 5. The van der Waals surface area contributed by atoms with Crippen LogP contribution in [0.1, 0.15) is 22.8 Å². The normalized spacial score (nSPS) is 10.6. The SMILES string of the molecule is CCn1nc(-c2ccccc2)c(-c2ccccc2)c(C(=O)Nc2ccccc2C)c1=O. The van der Waals surface area contributed by atoms with Crippen molar-refractivity contribution in [3.63, 3.8) is 0 Å². The summed E-state index contributed by atoms with van der Waals surface area (Å²) in [5.74, 6) is -0.445. The van der Waals surface area contributed by atoms with Crippen molar-refractivity contribution in [3.8, 4) is 22.4 Å². The Hall–Kier alpha value is -3.99. The van der Waals surface area contributed by atoms with Gasteiger partial charge < -0.3 is 5.32 Å². The van der Waals surface area contributed by atoms with Crippen LogP contribution in [0.25, 0.3) is 22.4 Å². The summed E-state index contributed by atoms with van der Waals surface area (Å²) in [5.41, 5.74) is 4.02. The minimum absolute atomic E-state index is 0.0881. The summed E-state index contributed by atoms with van der Waals surface area (Å²) in [6.45, 7) is 4.12. The van der Waals surface area contributed by atoms with E-state index in [1.54, 1.807) is 0 Å². The second kappa shape index (κ2) is 8.79. The fourth-order valence-electron chi connectivity index (χ4n) is 3.58. The number of anilines is 1. The number of carbonyl (C=O) groups is 1. The number of amides is 1. The molecule has 4 aromatic rings. The zero-order valence-corrected chi connectivity index (χ0v) is 17.5. The maximum atomic E-state index is 13.5. The van der Waals surface area contributed by atoms with Crippen LogP contribution in [0.3, 0.4) is 0 Å². The molecule has 154 valence electrons. The van der Waals surface area contributed by atoms with Crippen LogP contribution in [0.5, 0.6) is 0 Å². The van der Waals surface area contributed by atoms with E-state index in [2.05, 4.69) is 10.4 Å². The number of benzene rings is 3. The minimum atomic E-state index is -0.445. The van der Waals surface area contributed by atoms with Gasteiger partial charge in [0.25, 0.3) is 11.5 Å². The van der Waals surface area contributed by atoms with Crippen LogP contribution in [0, 0.1) is 6.92 Å². The van der Waals surface area contributed by atoms with E-state index in [-0.39, 0.29) is 5.56 Å². The second-order valence-electron chi connectivity index (χ2n) is 7.22. The molecule has 0 spiro atoms. The lowest BCUT2D eigenvalue weighted by Gasteiger charge is -2.17. The van der Waals surface area contributed by atoms with Gasteiger partial charge in [0, 0.05) is 23.4 Å². The molecule has 0 saturated carbocycles. The summed E-state index contributed by atoms with van der Waals surface area (Å²) < 4.78 is 1.35. The van der Waals surface area contributed by atoms with Gasteiger partial charge in [0.2, 0.25) is 0 Å². The van der Waals surface area contributed by atoms with Gasteiger partial charge >= 0.3 is 0 Å². The van der Waals surface area contributed by atoms with Crippen molar-refractivity contribution in [1.29, 1.82) is 0 Å². The highest BCUT2D eigenvalue weighted by atomic mass is 16.2. The molecule has 0 aliphatic carbocycles. The molecule has 4 rings (SSSR count). The fourth-order valence-corrected chi connectivity index (χ4v) is 3.58. The first kappa shape index (κ1) is 20.3. The molecule has 1 amide bonds. The van der Waals surface area contributed by atoms with E-state index < -0.39 is 11.5 Å². The third-order valence-corrected chi connectivity index (χ3v) is 5.19. The standard InChI is InChI=1S/C26H23N3O2/c1-3-29-26(31)23(25(30)27-21-17-11-10-12-18(21)2)22(19-13-6-4-7-14-19)24(28-29)20-15-8-5-9-16-20/h4-17H,3H2,1-2H3,(H,27,30). The van der Waals surface area contributed by atoms with Crippen molar-refractivity contribution in [2.75, 3.05) is 5.32 Å². The Bertz CT molecular complexity index is 1280. The monoisotopic (exact) mass is 409 g/mol. The molecular weight excluding hydrogens is 386 g/mol. The smallest absolute Gasteiger partial charge is 0.280 e. The highest BCUT2D eigenvalue weighted by Gasteiger charge is 2.25. The third-order valence-electron chi connectivity index (χ3n) is 5.19. The molecule has 0 radical (unpaired) electrons.